The van der Waals surface area contributed by atoms with Crippen LogP contribution in [0.5, 0.6) is 0 Å². The fourth-order valence-corrected chi connectivity index (χ4v) is 3.05. The van der Waals surface area contributed by atoms with E-state index in [0.29, 0.717) is 18.0 Å². The summed E-state index contributed by atoms with van der Waals surface area (Å²) in [6.07, 6.45) is 5.50. The van der Waals surface area contributed by atoms with Gasteiger partial charge in [0.05, 0.1) is 17.8 Å². The molecule has 0 fully saturated rings. The van der Waals surface area contributed by atoms with Crippen LogP contribution >= 0.6 is 0 Å². The van der Waals surface area contributed by atoms with Gasteiger partial charge >= 0.3 is 0 Å². The van der Waals surface area contributed by atoms with Crippen molar-refractivity contribution >= 4 is 0 Å². The second-order valence-electron chi connectivity index (χ2n) is 6.07. The molecular formula is C17H33N3O. The van der Waals surface area contributed by atoms with Gasteiger partial charge in [-0.05, 0) is 31.4 Å². The molecule has 1 aromatic heterocycles. The maximum absolute atomic E-state index is 5.70. The molecule has 0 amide bonds. The van der Waals surface area contributed by atoms with E-state index in [1.807, 2.05) is 0 Å². The van der Waals surface area contributed by atoms with Crippen LogP contribution in [-0.4, -0.2) is 35.6 Å². The molecule has 2 unspecified atom stereocenters. The topological polar surface area (TPSA) is 39.1 Å². The first-order valence-electron chi connectivity index (χ1n) is 8.37. The predicted octanol–water partition coefficient (Wildman–Crippen LogP) is 3.44. The van der Waals surface area contributed by atoms with Gasteiger partial charge in [-0.2, -0.15) is 5.10 Å². The van der Waals surface area contributed by atoms with Crippen LogP contribution in [0.2, 0.25) is 0 Å². The highest BCUT2D eigenvalue weighted by Crippen LogP contribution is 2.17. The summed E-state index contributed by atoms with van der Waals surface area (Å²) in [4.78, 5) is 0. The van der Waals surface area contributed by atoms with Gasteiger partial charge in [0.1, 0.15) is 0 Å². The first kappa shape index (κ1) is 18.2. The Balaban J connectivity index is 2.79. The van der Waals surface area contributed by atoms with E-state index in [9.17, 15) is 0 Å². The molecule has 1 aromatic rings. The molecule has 0 aromatic carbocycles. The van der Waals surface area contributed by atoms with Crippen LogP contribution in [0.15, 0.2) is 12.3 Å². The lowest BCUT2D eigenvalue weighted by atomic mass is 9.96. The number of rotatable bonds is 10. The quantitative estimate of drug-likeness (QED) is 0.718. The van der Waals surface area contributed by atoms with Crippen LogP contribution in [-0.2, 0) is 11.2 Å². The first-order chi connectivity index (χ1) is 10.1. The molecule has 122 valence electrons. The number of ether oxygens (including phenoxy) is 1. The molecule has 0 spiro atoms. The van der Waals surface area contributed by atoms with Crippen LogP contribution < -0.4 is 5.32 Å². The molecule has 0 aliphatic rings. The van der Waals surface area contributed by atoms with E-state index in [2.05, 4.69) is 56.9 Å². The molecule has 0 saturated heterocycles. The highest BCUT2D eigenvalue weighted by molar-refractivity contribution is 5.04. The highest BCUT2D eigenvalue weighted by Gasteiger charge is 2.24. The third kappa shape index (κ3) is 5.11. The molecular weight excluding hydrogens is 262 g/mol. The van der Waals surface area contributed by atoms with E-state index in [4.69, 9.17) is 9.84 Å². The van der Waals surface area contributed by atoms with Gasteiger partial charge in [0.2, 0.25) is 0 Å². The summed E-state index contributed by atoms with van der Waals surface area (Å²) in [5.74, 6) is 0.486. The largest absolute Gasteiger partial charge is 0.380 e. The Morgan fingerprint density at radius 2 is 1.90 bits per heavy atom. The summed E-state index contributed by atoms with van der Waals surface area (Å²) < 4.78 is 7.82. The van der Waals surface area contributed by atoms with Crippen molar-refractivity contribution in [3.05, 3.63) is 18.0 Å². The molecule has 4 nitrogen and oxygen atoms in total. The second-order valence-corrected chi connectivity index (χ2v) is 6.07. The van der Waals surface area contributed by atoms with Gasteiger partial charge in [-0.25, -0.2) is 0 Å². The van der Waals surface area contributed by atoms with Crippen LogP contribution in [0.4, 0.5) is 0 Å². The van der Waals surface area contributed by atoms with E-state index in [-0.39, 0.29) is 6.10 Å². The van der Waals surface area contributed by atoms with Gasteiger partial charge in [0.25, 0.3) is 0 Å². The molecule has 0 aliphatic carbocycles. The lowest BCUT2D eigenvalue weighted by Gasteiger charge is -2.29. The van der Waals surface area contributed by atoms with Crippen LogP contribution in [0, 0.1) is 5.92 Å². The minimum absolute atomic E-state index is 0.211. The molecule has 1 heterocycles. The zero-order valence-electron chi connectivity index (χ0n) is 14.6. The van der Waals surface area contributed by atoms with Crippen molar-refractivity contribution in [2.24, 2.45) is 5.92 Å². The number of hydrogen-bond acceptors (Lipinski definition) is 3. The molecule has 0 radical (unpaired) electrons. The molecule has 0 aliphatic heterocycles. The lowest BCUT2D eigenvalue weighted by molar-refractivity contribution is 0.0334. The Hall–Kier alpha value is -0.870. The fraction of sp³-hybridized carbons (Fsp3) is 0.824. The standard InChI is InChI=1S/C17H33N3O/c1-7-15(8-2)20-11-10-14(19-20)12-16(18-9-3)17(21-6)13(4)5/h10-11,13,15-18H,7-9,12H2,1-6H3. The van der Waals surface area contributed by atoms with Gasteiger partial charge < -0.3 is 10.1 Å². The van der Waals surface area contributed by atoms with Gasteiger partial charge in [0, 0.05) is 25.8 Å². The molecule has 1 rings (SSSR count). The van der Waals surface area contributed by atoms with Gasteiger partial charge in [-0.3, -0.25) is 4.68 Å². The number of aromatic nitrogens is 2. The summed E-state index contributed by atoms with van der Waals surface area (Å²) in [7, 11) is 1.80. The number of nitrogens with zero attached hydrogens (tertiary/aromatic N) is 2. The maximum Gasteiger partial charge on any atom is 0.0750 e. The minimum Gasteiger partial charge on any atom is -0.380 e. The normalized spacial score (nSPS) is 14.9. The number of nitrogens with one attached hydrogen (secondary N) is 1. The van der Waals surface area contributed by atoms with Crippen LogP contribution in [0.25, 0.3) is 0 Å². The first-order valence-corrected chi connectivity index (χ1v) is 8.37. The van der Waals surface area contributed by atoms with Gasteiger partial charge in [-0.1, -0.05) is 34.6 Å². The molecule has 0 saturated carbocycles. The number of likely N-dealkylation sites (N-methyl/N-ethyl adjacent to an activating group) is 1. The molecule has 4 heteroatoms. The lowest BCUT2D eigenvalue weighted by Crippen LogP contribution is -2.45. The smallest absolute Gasteiger partial charge is 0.0750 e. The van der Waals surface area contributed by atoms with Crippen LogP contribution in [0.3, 0.4) is 0 Å². The average molecular weight is 295 g/mol. The summed E-state index contributed by atoms with van der Waals surface area (Å²) in [6, 6.07) is 2.97. The molecule has 2 atom stereocenters. The maximum atomic E-state index is 5.70. The van der Waals surface area contributed by atoms with Crippen molar-refractivity contribution in [2.75, 3.05) is 13.7 Å². The minimum atomic E-state index is 0.211. The number of hydrogen-bond donors (Lipinski definition) is 1. The molecule has 0 bridgehead atoms. The van der Waals surface area contributed by atoms with Gasteiger partial charge in [0.15, 0.2) is 0 Å². The van der Waals surface area contributed by atoms with Crippen molar-refractivity contribution in [1.82, 2.24) is 15.1 Å². The zero-order valence-corrected chi connectivity index (χ0v) is 14.6. The van der Waals surface area contributed by atoms with E-state index in [1.54, 1.807) is 7.11 Å². The Bertz CT molecular complexity index is 385. The van der Waals surface area contributed by atoms with Crippen molar-refractivity contribution in [3.8, 4) is 0 Å². The summed E-state index contributed by atoms with van der Waals surface area (Å²) in [6.45, 7) is 11.9. The zero-order chi connectivity index (χ0) is 15.8. The second kappa shape index (κ2) is 9.21. The van der Waals surface area contributed by atoms with E-state index >= 15 is 0 Å². The molecule has 1 N–H and O–H groups in total. The highest BCUT2D eigenvalue weighted by atomic mass is 16.5. The third-order valence-corrected chi connectivity index (χ3v) is 4.20. The van der Waals surface area contributed by atoms with Crippen molar-refractivity contribution in [3.63, 3.8) is 0 Å². The van der Waals surface area contributed by atoms with Gasteiger partial charge in [-0.15, -0.1) is 0 Å². The summed E-state index contributed by atoms with van der Waals surface area (Å²) in [5.41, 5.74) is 1.15. The van der Waals surface area contributed by atoms with Crippen LogP contribution in [0.1, 0.15) is 59.2 Å². The SMILES string of the molecule is CCNC(Cc1ccn(C(CC)CC)n1)C(OC)C(C)C. The Labute approximate surface area is 130 Å². The molecule has 21 heavy (non-hydrogen) atoms. The van der Waals surface area contributed by atoms with Crippen molar-refractivity contribution in [1.29, 1.82) is 0 Å². The Kier molecular flexibility index (Phi) is 7.97. The van der Waals surface area contributed by atoms with E-state index < -0.39 is 0 Å². The predicted molar refractivity (Wildman–Crippen MR) is 88.6 cm³/mol. The monoisotopic (exact) mass is 295 g/mol. The van der Waals surface area contributed by atoms with Crippen molar-refractivity contribution in [2.45, 2.75) is 72.1 Å². The number of methoxy groups -OCH3 is 1. The summed E-state index contributed by atoms with van der Waals surface area (Å²) in [5, 5.41) is 8.33. The van der Waals surface area contributed by atoms with E-state index in [1.165, 1.54) is 0 Å². The summed E-state index contributed by atoms with van der Waals surface area (Å²) >= 11 is 0. The third-order valence-electron chi connectivity index (χ3n) is 4.20. The van der Waals surface area contributed by atoms with Crippen molar-refractivity contribution < 1.29 is 4.74 Å². The fourth-order valence-electron chi connectivity index (χ4n) is 3.05. The average Bonchev–Trinajstić information content (AvgIpc) is 2.89. The van der Waals surface area contributed by atoms with E-state index in [0.717, 1.165) is 31.5 Å². The Morgan fingerprint density at radius 3 is 2.38 bits per heavy atom. The Morgan fingerprint density at radius 1 is 1.24 bits per heavy atom.